The summed E-state index contributed by atoms with van der Waals surface area (Å²) >= 11 is 1.66. The molecule has 2 N–H and O–H groups in total. The van der Waals surface area contributed by atoms with E-state index in [-0.39, 0.29) is 6.04 Å². The van der Waals surface area contributed by atoms with Gasteiger partial charge in [-0.15, -0.1) is 11.3 Å². The first-order valence-corrected chi connectivity index (χ1v) is 9.51. The third-order valence-electron chi connectivity index (χ3n) is 4.42. The van der Waals surface area contributed by atoms with Gasteiger partial charge in [0.2, 0.25) is 0 Å². The Morgan fingerprint density at radius 1 is 1.19 bits per heavy atom. The van der Waals surface area contributed by atoms with Gasteiger partial charge in [-0.1, -0.05) is 24.3 Å². The average Bonchev–Trinajstić information content (AvgIpc) is 3.32. The van der Waals surface area contributed by atoms with Gasteiger partial charge in [-0.3, -0.25) is 9.59 Å². The highest BCUT2D eigenvalue weighted by atomic mass is 32.1. The Bertz CT molecular complexity index is 748. The van der Waals surface area contributed by atoms with E-state index in [0.717, 1.165) is 13.0 Å². The minimum atomic E-state index is -0.631. The lowest BCUT2D eigenvalue weighted by Gasteiger charge is -2.30. The Balaban J connectivity index is 1.67. The topological polar surface area (TPSA) is 70.7 Å². The van der Waals surface area contributed by atoms with Crippen LogP contribution in [0.3, 0.4) is 0 Å². The van der Waals surface area contributed by atoms with E-state index in [1.807, 2.05) is 17.5 Å². The molecule has 2 amide bonds. The number of rotatable bonds is 7. The Hall–Kier alpha value is -2.38. The fourth-order valence-electron chi connectivity index (χ4n) is 3.15. The van der Waals surface area contributed by atoms with E-state index in [2.05, 4.69) is 39.8 Å². The zero-order valence-electron chi connectivity index (χ0n) is 14.7. The molecule has 0 saturated carbocycles. The predicted octanol–water partition coefficient (Wildman–Crippen LogP) is 1.73. The fourth-order valence-corrected chi connectivity index (χ4v) is 3.99. The molecule has 1 aromatic heterocycles. The maximum Gasteiger partial charge on any atom is 0.309 e. The maximum absolute atomic E-state index is 12.1. The number of nitrogens with zero attached hydrogens (tertiary/aromatic N) is 1. The van der Waals surface area contributed by atoms with Crippen LogP contribution in [0.15, 0.2) is 41.8 Å². The molecule has 3 rings (SSSR count). The van der Waals surface area contributed by atoms with Crippen LogP contribution < -0.4 is 15.5 Å². The number of fused-ring (bicyclic) bond motifs is 1. The summed E-state index contributed by atoms with van der Waals surface area (Å²) in [5.41, 5.74) is 2.52. The highest BCUT2D eigenvalue weighted by Gasteiger charge is 2.28. The number of nitrogens with one attached hydrogen (secondary N) is 2. The third kappa shape index (κ3) is 4.23. The number of carbonyl (C=O) groups is 2. The van der Waals surface area contributed by atoms with Crippen LogP contribution >= 0.6 is 11.3 Å². The van der Waals surface area contributed by atoms with Gasteiger partial charge in [0.1, 0.15) is 0 Å². The molecule has 6 nitrogen and oxygen atoms in total. The second kappa shape index (κ2) is 8.82. The molecule has 0 radical (unpaired) electrons. The van der Waals surface area contributed by atoms with Crippen molar-refractivity contribution in [2.24, 2.45) is 0 Å². The van der Waals surface area contributed by atoms with Gasteiger partial charge >= 0.3 is 11.8 Å². The fraction of sp³-hybridized carbons (Fsp3) is 0.368. The van der Waals surface area contributed by atoms with E-state index >= 15 is 0 Å². The van der Waals surface area contributed by atoms with E-state index in [9.17, 15) is 9.59 Å². The van der Waals surface area contributed by atoms with Crippen LogP contribution in [0.25, 0.3) is 0 Å². The number of benzene rings is 1. The molecule has 1 aromatic carbocycles. The van der Waals surface area contributed by atoms with Crippen molar-refractivity contribution in [1.29, 1.82) is 0 Å². The summed E-state index contributed by atoms with van der Waals surface area (Å²) in [6.45, 7) is 1.97. The van der Waals surface area contributed by atoms with E-state index in [1.165, 1.54) is 16.1 Å². The number of thiophene rings is 1. The van der Waals surface area contributed by atoms with Crippen molar-refractivity contribution in [2.75, 3.05) is 38.3 Å². The third-order valence-corrected chi connectivity index (χ3v) is 5.40. The lowest BCUT2D eigenvalue weighted by molar-refractivity contribution is -0.139. The molecule has 0 saturated heterocycles. The molecule has 2 aromatic rings. The van der Waals surface area contributed by atoms with Crippen LogP contribution in [0.2, 0.25) is 0 Å². The van der Waals surface area contributed by atoms with Crippen LogP contribution in [-0.4, -0.2) is 45.2 Å². The monoisotopic (exact) mass is 373 g/mol. The maximum atomic E-state index is 12.1. The molecule has 26 heavy (non-hydrogen) atoms. The van der Waals surface area contributed by atoms with Crippen molar-refractivity contribution in [2.45, 2.75) is 12.5 Å². The first-order chi connectivity index (χ1) is 12.7. The Morgan fingerprint density at radius 3 is 2.77 bits per heavy atom. The van der Waals surface area contributed by atoms with Crippen LogP contribution in [0.5, 0.6) is 0 Å². The van der Waals surface area contributed by atoms with Crippen LogP contribution in [0.1, 0.15) is 16.5 Å². The molecule has 0 aliphatic carbocycles. The van der Waals surface area contributed by atoms with Crippen molar-refractivity contribution in [3.05, 3.63) is 52.2 Å². The van der Waals surface area contributed by atoms with Crippen molar-refractivity contribution in [3.63, 3.8) is 0 Å². The summed E-state index contributed by atoms with van der Waals surface area (Å²) in [4.78, 5) is 27.4. The number of hydrogen-bond donors (Lipinski definition) is 2. The van der Waals surface area contributed by atoms with Crippen molar-refractivity contribution in [3.8, 4) is 0 Å². The standard InChI is InChI=1S/C19H23N3O3S/c1-25-11-9-20-18(23)19(24)21-13-16(17-7-4-12-26-17)22-10-8-14-5-2-3-6-15(14)22/h2-7,12,16H,8-11,13H2,1H3,(H,20,23)(H,21,24)/t16-/m1/s1. The molecule has 138 valence electrons. The number of ether oxygens (including phenoxy) is 1. The number of para-hydroxylation sites is 1. The normalized spacial score (nSPS) is 14.0. The Morgan fingerprint density at radius 2 is 2.00 bits per heavy atom. The zero-order chi connectivity index (χ0) is 18.4. The highest BCUT2D eigenvalue weighted by Crippen LogP contribution is 2.36. The SMILES string of the molecule is COCCNC(=O)C(=O)NC[C@H](c1cccs1)N1CCc2ccccc21. The Kier molecular flexibility index (Phi) is 6.25. The predicted molar refractivity (Wildman–Crippen MR) is 102 cm³/mol. The molecule has 1 atom stereocenters. The second-order valence-corrected chi connectivity index (χ2v) is 7.04. The quantitative estimate of drug-likeness (QED) is 0.573. The molecule has 7 heteroatoms. The molecular formula is C19H23N3O3S. The molecule has 1 aliphatic heterocycles. The van der Waals surface area contributed by atoms with Crippen molar-refractivity contribution >= 4 is 28.8 Å². The molecule has 1 aliphatic rings. The number of methoxy groups -OCH3 is 1. The summed E-state index contributed by atoms with van der Waals surface area (Å²) in [7, 11) is 1.55. The first-order valence-electron chi connectivity index (χ1n) is 8.63. The lowest BCUT2D eigenvalue weighted by Crippen LogP contribution is -2.44. The van der Waals surface area contributed by atoms with E-state index in [0.29, 0.717) is 19.7 Å². The number of anilines is 1. The van der Waals surface area contributed by atoms with E-state index in [1.54, 1.807) is 18.4 Å². The number of carbonyl (C=O) groups excluding carboxylic acids is 2. The first kappa shape index (κ1) is 18.4. The smallest absolute Gasteiger partial charge is 0.309 e. The van der Waals surface area contributed by atoms with Gasteiger partial charge in [0, 0.05) is 37.3 Å². The Labute approximate surface area is 157 Å². The van der Waals surface area contributed by atoms with Gasteiger partial charge < -0.3 is 20.3 Å². The van der Waals surface area contributed by atoms with E-state index in [4.69, 9.17) is 4.74 Å². The summed E-state index contributed by atoms with van der Waals surface area (Å²) in [5.74, 6) is -1.25. The molecule has 0 fully saturated rings. The van der Waals surface area contributed by atoms with Crippen molar-refractivity contribution in [1.82, 2.24) is 10.6 Å². The summed E-state index contributed by atoms with van der Waals surface area (Å²) in [6.07, 6.45) is 0.990. The summed E-state index contributed by atoms with van der Waals surface area (Å²) in [5, 5.41) is 7.35. The molecule has 2 heterocycles. The molecular weight excluding hydrogens is 350 g/mol. The number of amides is 2. The minimum Gasteiger partial charge on any atom is -0.383 e. The summed E-state index contributed by atoms with van der Waals surface area (Å²) < 4.78 is 4.87. The van der Waals surface area contributed by atoms with Crippen LogP contribution in [-0.2, 0) is 20.7 Å². The molecule has 0 spiro atoms. The van der Waals surface area contributed by atoms with Gasteiger partial charge in [0.15, 0.2) is 0 Å². The van der Waals surface area contributed by atoms with Crippen LogP contribution in [0.4, 0.5) is 5.69 Å². The highest BCUT2D eigenvalue weighted by molar-refractivity contribution is 7.10. The lowest BCUT2D eigenvalue weighted by atomic mass is 10.1. The van der Waals surface area contributed by atoms with E-state index < -0.39 is 11.8 Å². The van der Waals surface area contributed by atoms with Gasteiger partial charge in [-0.05, 0) is 29.5 Å². The largest absolute Gasteiger partial charge is 0.383 e. The van der Waals surface area contributed by atoms with Gasteiger partial charge in [0.05, 0.1) is 12.6 Å². The van der Waals surface area contributed by atoms with Crippen molar-refractivity contribution < 1.29 is 14.3 Å². The minimum absolute atomic E-state index is 0.00868. The van der Waals surface area contributed by atoms with Gasteiger partial charge in [-0.25, -0.2) is 0 Å². The average molecular weight is 373 g/mol. The zero-order valence-corrected chi connectivity index (χ0v) is 15.6. The second-order valence-electron chi connectivity index (χ2n) is 6.06. The van der Waals surface area contributed by atoms with Crippen LogP contribution in [0, 0.1) is 0 Å². The summed E-state index contributed by atoms with van der Waals surface area (Å²) in [6, 6.07) is 12.4. The number of hydrogen-bond acceptors (Lipinski definition) is 5. The molecule has 0 bridgehead atoms. The molecule has 0 unspecified atom stereocenters. The van der Waals surface area contributed by atoms with Gasteiger partial charge in [0.25, 0.3) is 0 Å². The van der Waals surface area contributed by atoms with Gasteiger partial charge in [-0.2, -0.15) is 0 Å².